The van der Waals surface area contributed by atoms with E-state index in [1.165, 1.54) is 6.07 Å². The number of benzene rings is 2. The third-order valence-corrected chi connectivity index (χ3v) is 3.50. The van der Waals surface area contributed by atoms with Crippen LogP contribution in [0.4, 0.5) is 18.0 Å². The summed E-state index contributed by atoms with van der Waals surface area (Å²) in [6.45, 7) is -0.0466. The van der Waals surface area contributed by atoms with Crippen LogP contribution < -0.4 is 5.32 Å². The van der Waals surface area contributed by atoms with E-state index in [2.05, 4.69) is 5.32 Å². The first-order valence-corrected chi connectivity index (χ1v) is 7.62. The second-order valence-electron chi connectivity index (χ2n) is 5.48. The molecule has 0 aliphatic carbocycles. The summed E-state index contributed by atoms with van der Waals surface area (Å²) in [7, 11) is 0. The lowest BCUT2D eigenvalue weighted by Crippen LogP contribution is -2.30. The quantitative estimate of drug-likeness (QED) is 0.804. The Bertz CT molecular complexity index is 763. The van der Waals surface area contributed by atoms with E-state index in [9.17, 15) is 22.8 Å². The third kappa shape index (κ3) is 5.80. The van der Waals surface area contributed by atoms with Crippen molar-refractivity contribution in [3.8, 4) is 0 Å². The van der Waals surface area contributed by atoms with E-state index in [1.807, 2.05) is 0 Å². The summed E-state index contributed by atoms with van der Waals surface area (Å²) >= 11 is 0. The number of nitrogens with one attached hydrogen (secondary N) is 1. The van der Waals surface area contributed by atoms with Gasteiger partial charge in [0, 0.05) is 0 Å². The van der Waals surface area contributed by atoms with Crippen LogP contribution in [-0.4, -0.2) is 17.2 Å². The summed E-state index contributed by atoms with van der Waals surface area (Å²) in [6.07, 6.45) is -6.07. The second kappa shape index (κ2) is 8.37. The van der Waals surface area contributed by atoms with Gasteiger partial charge in [-0.25, -0.2) is 4.79 Å². The zero-order chi connectivity index (χ0) is 19.2. The molecule has 0 heterocycles. The predicted octanol–water partition coefficient (Wildman–Crippen LogP) is 4.15. The highest BCUT2D eigenvalue weighted by atomic mass is 19.4. The first-order chi connectivity index (χ1) is 12.3. The van der Waals surface area contributed by atoms with Gasteiger partial charge in [0.25, 0.3) is 0 Å². The van der Waals surface area contributed by atoms with Crippen molar-refractivity contribution in [1.29, 1.82) is 0 Å². The Hall–Kier alpha value is -3.03. The highest BCUT2D eigenvalue weighted by Gasteiger charge is 2.31. The van der Waals surface area contributed by atoms with E-state index in [-0.39, 0.29) is 12.2 Å². The number of rotatable bonds is 6. The molecule has 2 rings (SSSR count). The molecule has 0 aliphatic rings. The smallest absolute Gasteiger partial charge is 0.416 e. The molecular formula is C18H16F3NO4. The lowest BCUT2D eigenvalue weighted by Gasteiger charge is -2.18. The number of alkyl halides is 3. The van der Waals surface area contributed by atoms with E-state index < -0.39 is 36.3 Å². The first kappa shape index (κ1) is 19.3. The summed E-state index contributed by atoms with van der Waals surface area (Å²) in [5.41, 5.74) is -0.180. The maximum Gasteiger partial charge on any atom is 0.416 e. The zero-order valence-electron chi connectivity index (χ0n) is 13.5. The minimum absolute atomic E-state index is 0.0267. The van der Waals surface area contributed by atoms with E-state index >= 15 is 0 Å². The van der Waals surface area contributed by atoms with Crippen molar-refractivity contribution in [2.75, 3.05) is 0 Å². The van der Waals surface area contributed by atoms with Crippen LogP contribution in [0.5, 0.6) is 0 Å². The molecule has 2 N–H and O–H groups in total. The van der Waals surface area contributed by atoms with Crippen molar-refractivity contribution < 1.29 is 32.6 Å². The van der Waals surface area contributed by atoms with Crippen LogP contribution in [0.25, 0.3) is 0 Å². The number of halogens is 3. The molecule has 0 aliphatic heterocycles. The molecule has 0 spiro atoms. The standard InChI is InChI=1S/C18H16F3NO4/c19-18(20,21)14-8-4-7-13(9-14)15(10-16(23)24)22-17(25)26-11-12-5-2-1-3-6-12/h1-9,15H,10-11H2,(H,22,25)(H,23,24)/t15-/m0/s1. The maximum atomic E-state index is 12.8. The summed E-state index contributed by atoms with van der Waals surface area (Å²) in [5.74, 6) is -1.27. The number of amides is 1. The van der Waals surface area contributed by atoms with Crippen molar-refractivity contribution in [3.05, 3.63) is 71.3 Å². The van der Waals surface area contributed by atoms with E-state index in [1.54, 1.807) is 30.3 Å². The van der Waals surface area contributed by atoms with Gasteiger partial charge in [-0.1, -0.05) is 42.5 Å². The first-order valence-electron chi connectivity index (χ1n) is 7.62. The molecule has 0 fully saturated rings. The van der Waals surface area contributed by atoms with Gasteiger partial charge >= 0.3 is 18.2 Å². The lowest BCUT2D eigenvalue weighted by atomic mass is 10.0. The SMILES string of the molecule is O=C(O)C[C@H](NC(=O)OCc1ccccc1)c1cccc(C(F)(F)F)c1. The summed E-state index contributed by atoms with van der Waals surface area (Å²) in [4.78, 5) is 22.9. The molecule has 0 saturated carbocycles. The molecule has 26 heavy (non-hydrogen) atoms. The number of ether oxygens (including phenoxy) is 1. The minimum atomic E-state index is -4.57. The van der Waals surface area contributed by atoms with Gasteiger partial charge in [-0.2, -0.15) is 13.2 Å². The third-order valence-electron chi connectivity index (χ3n) is 3.50. The molecule has 1 atom stereocenters. The van der Waals surface area contributed by atoms with Gasteiger partial charge in [0.05, 0.1) is 18.0 Å². The fraction of sp³-hybridized carbons (Fsp3) is 0.222. The number of carboxylic acid groups (broad SMARTS) is 1. The second-order valence-corrected chi connectivity index (χ2v) is 5.48. The van der Waals surface area contributed by atoms with Crippen molar-refractivity contribution >= 4 is 12.1 Å². The Morgan fingerprint density at radius 1 is 1.08 bits per heavy atom. The summed E-state index contributed by atoms with van der Waals surface area (Å²) in [5, 5.41) is 11.3. The van der Waals surface area contributed by atoms with E-state index in [0.717, 1.165) is 23.8 Å². The van der Waals surface area contributed by atoms with Crippen LogP contribution in [0.15, 0.2) is 54.6 Å². The largest absolute Gasteiger partial charge is 0.481 e. The van der Waals surface area contributed by atoms with Crippen molar-refractivity contribution in [3.63, 3.8) is 0 Å². The topological polar surface area (TPSA) is 75.6 Å². The monoisotopic (exact) mass is 367 g/mol. The van der Waals surface area contributed by atoms with Crippen LogP contribution >= 0.6 is 0 Å². The molecule has 0 bridgehead atoms. The van der Waals surface area contributed by atoms with Gasteiger partial charge in [0.15, 0.2) is 0 Å². The highest BCUT2D eigenvalue weighted by Crippen LogP contribution is 2.31. The van der Waals surface area contributed by atoms with Crippen molar-refractivity contribution in [2.45, 2.75) is 25.2 Å². The van der Waals surface area contributed by atoms with Crippen LogP contribution in [0, 0.1) is 0 Å². The molecule has 2 aromatic carbocycles. The summed E-state index contributed by atoms with van der Waals surface area (Å²) in [6, 6.07) is 11.8. The maximum absolute atomic E-state index is 12.8. The minimum Gasteiger partial charge on any atom is -0.481 e. The van der Waals surface area contributed by atoms with E-state index in [4.69, 9.17) is 9.84 Å². The van der Waals surface area contributed by atoms with Crippen LogP contribution in [-0.2, 0) is 22.3 Å². The molecular weight excluding hydrogens is 351 g/mol. The highest BCUT2D eigenvalue weighted by molar-refractivity contribution is 5.72. The Balaban J connectivity index is 2.09. The number of hydrogen-bond acceptors (Lipinski definition) is 3. The average Bonchev–Trinajstić information content (AvgIpc) is 2.59. The molecule has 0 aromatic heterocycles. The van der Waals surface area contributed by atoms with Gasteiger partial charge in [-0.15, -0.1) is 0 Å². The van der Waals surface area contributed by atoms with Gasteiger partial charge in [0.2, 0.25) is 0 Å². The zero-order valence-corrected chi connectivity index (χ0v) is 13.5. The number of alkyl carbamates (subject to hydrolysis) is 1. The number of carboxylic acids is 1. The molecule has 0 unspecified atom stereocenters. The molecule has 138 valence electrons. The Labute approximate surface area is 147 Å². The van der Waals surface area contributed by atoms with Crippen molar-refractivity contribution in [1.82, 2.24) is 5.32 Å². The Morgan fingerprint density at radius 2 is 1.77 bits per heavy atom. The van der Waals surface area contributed by atoms with E-state index in [0.29, 0.717) is 0 Å². The number of carbonyl (C=O) groups is 2. The van der Waals surface area contributed by atoms with Crippen molar-refractivity contribution in [2.24, 2.45) is 0 Å². The molecule has 5 nitrogen and oxygen atoms in total. The van der Waals surface area contributed by atoms with Gasteiger partial charge in [-0.3, -0.25) is 4.79 Å². The molecule has 2 aromatic rings. The molecule has 0 radical (unpaired) electrons. The Kier molecular flexibility index (Phi) is 6.21. The molecule has 1 amide bonds. The predicted molar refractivity (Wildman–Crippen MR) is 86.2 cm³/mol. The average molecular weight is 367 g/mol. The number of aliphatic carboxylic acids is 1. The lowest BCUT2D eigenvalue weighted by molar-refractivity contribution is -0.138. The van der Waals surface area contributed by atoms with Gasteiger partial charge in [0.1, 0.15) is 6.61 Å². The van der Waals surface area contributed by atoms with Crippen LogP contribution in [0.2, 0.25) is 0 Å². The van der Waals surface area contributed by atoms with Crippen LogP contribution in [0.1, 0.15) is 29.2 Å². The fourth-order valence-electron chi connectivity index (χ4n) is 2.27. The number of hydrogen-bond donors (Lipinski definition) is 2. The van der Waals surface area contributed by atoms with Gasteiger partial charge < -0.3 is 15.2 Å². The molecule has 8 heteroatoms. The normalized spacial score (nSPS) is 12.3. The molecule has 0 saturated heterocycles. The van der Waals surface area contributed by atoms with Gasteiger partial charge in [-0.05, 0) is 23.3 Å². The fourth-order valence-corrected chi connectivity index (χ4v) is 2.27. The number of carbonyl (C=O) groups excluding carboxylic acids is 1. The van der Waals surface area contributed by atoms with Crippen LogP contribution in [0.3, 0.4) is 0 Å². The summed E-state index contributed by atoms with van der Waals surface area (Å²) < 4.78 is 43.5. The Morgan fingerprint density at radius 3 is 2.38 bits per heavy atom.